The highest BCUT2D eigenvalue weighted by Gasteiger charge is 2.20. The van der Waals surface area contributed by atoms with Crippen molar-refractivity contribution < 1.29 is 9.47 Å². The number of hydrogen-bond donors (Lipinski definition) is 1. The fraction of sp³-hybridized carbons (Fsp3) is 0.571. The molecule has 2 N–H and O–H groups in total. The molecule has 0 heterocycles. The average molecular weight is 272 g/mol. The van der Waals surface area contributed by atoms with Gasteiger partial charge in [-0.15, -0.1) is 0 Å². The van der Waals surface area contributed by atoms with E-state index in [0.29, 0.717) is 29.0 Å². The molecule has 1 aromatic carbocycles. The summed E-state index contributed by atoms with van der Waals surface area (Å²) in [4.78, 5) is 0. The molecule has 0 aliphatic rings. The second-order valence-electron chi connectivity index (χ2n) is 4.34. The van der Waals surface area contributed by atoms with Crippen LogP contribution in [0.1, 0.15) is 37.3 Å². The van der Waals surface area contributed by atoms with E-state index in [9.17, 15) is 0 Å². The van der Waals surface area contributed by atoms with Crippen molar-refractivity contribution in [2.24, 2.45) is 5.73 Å². The van der Waals surface area contributed by atoms with Crippen molar-refractivity contribution in [3.63, 3.8) is 0 Å². The number of rotatable bonds is 6. The molecule has 0 spiro atoms. The number of methoxy groups -OCH3 is 2. The van der Waals surface area contributed by atoms with Crippen molar-refractivity contribution in [2.75, 3.05) is 20.8 Å². The summed E-state index contributed by atoms with van der Waals surface area (Å²) < 4.78 is 10.8. The molecule has 3 nitrogen and oxygen atoms in total. The SMILES string of the molecule is CCc1cc(C(C)CCN)c(OC)c(Cl)c1OC. The van der Waals surface area contributed by atoms with Gasteiger partial charge in [0.1, 0.15) is 16.5 Å². The molecule has 0 aromatic heterocycles. The highest BCUT2D eigenvalue weighted by atomic mass is 35.5. The van der Waals surface area contributed by atoms with Gasteiger partial charge in [0.2, 0.25) is 0 Å². The van der Waals surface area contributed by atoms with Crippen LogP contribution in [0.15, 0.2) is 6.07 Å². The first-order valence-corrected chi connectivity index (χ1v) is 6.61. The number of hydrogen-bond acceptors (Lipinski definition) is 3. The van der Waals surface area contributed by atoms with Crippen molar-refractivity contribution >= 4 is 11.6 Å². The minimum absolute atomic E-state index is 0.318. The lowest BCUT2D eigenvalue weighted by atomic mass is 9.94. The Morgan fingerprint density at radius 1 is 1.28 bits per heavy atom. The Morgan fingerprint density at radius 2 is 1.89 bits per heavy atom. The van der Waals surface area contributed by atoms with Crippen molar-refractivity contribution in [3.05, 3.63) is 22.2 Å². The number of benzene rings is 1. The molecule has 4 heteroatoms. The van der Waals surface area contributed by atoms with E-state index >= 15 is 0 Å². The zero-order chi connectivity index (χ0) is 13.7. The smallest absolute Gasteiger partial charge is 0.144 e. The Balaban J connectivity index is 3.37. The lowest BCUT2D eigenvalue weighted by Gasteiger charge is -2.20. The lowest BCUT2D eigenvalue weighted by molar-refractivity contribution is 0.386. The van der Waals surface area contributed by atoms with Crippen LogP contribution in [0, 0.1) is 0 Å². The molecule has 0 fully saturated rings. The Labute approximate surface area is 114 Å². The van der Waals surface area contributed by atoms with Crippen LogP contribution in [0.2, 0.25) is 5.02 Å². The van der Waals surface area contributed by atoms with Gasteiger partial charge in [-0.3, -0.25) is 0 Å². The van der Waals surface area contributed by atoms with Gasteiger partial charge >= 0.3 is 0 Å². The van der Waals surface area contributed by atoms with Gasteiger partial charge in [0, 0.05) is 0 Å². The molecule has 1 atom stereocenters. The lowest BCUT2D eigenvalue weighted by Crippen LogP contribution is -2.07. The molecule has 1 rings (SSSR count). The number of ether oxygens (including phenoxy) is 2. The largest absolute Gasteiger partial charge is 0.495 e. The molecule has 0 bridgehead atoms. The van der Waals surface area contributed by atoms with Gasteiger partial charge in [0.15, 0.2) is 0 Å². The monoisotopic (exact) mass is 271 g/mol. The van der Waals surface area contributed by atoms with Crippen LogP contribution in [-0.4, -0.2) is 20.8 Å². The molecule has 0 aliphatic heterocycles. The summed E-state index contributed by atoms with van der Waals surface area (Å²) in [5, 5.41) is 0.554. The third kappa shape index (κ3) is 2.90. The van der Waals surface area contributed by atoms with E-state index in [1.807, 2.05) is 0 Å². The van der Waals surface area contributed by atoms with Crippen molar-refractivity contribution in [1.29, 1.82) is 0 Å². The Bertz CT molecular complexity index is 407. The van der Waals surface area contributed by atoms with Gasteiger partial charge in [-0.2, -0.15) is 0 Å². The summed E-state index contributed by atoms with van der Waals surface area (Å²) >= 11 is 6.36. The third-order valence-corrected chi connectivity index (χ3v) is 3.55. The second kappa shape index (κ2) is 6.86. The summed E-state index contributed by atoms with van der Waals surface area (Å²) in [5.74, 6) is 1.73. The van der Waals surface area contributed by atoms with Gasteiger partial charge < -0.3 is 15.2 Å². The molecule has 18 heavy (non-hydrogen) atoms. The minimum atomic E-state index is 0.318. The molecule has 1 aromatic rings. The molecular weight excluding hydrogens is 250 g/mol. The van der Waals surface area contributed by atoms with E-state index in [1.165, 1.54) is 0 Å². The maximum atomic E-state index is 6.36. The van der Waals surface area contributed by atoms with E-state index in [4.69, 9.17) is 26.8 Å². The normalized spacial score (nSPS) is 12.3. The molecular formula is C14H22ClNO2. The van der Waals surface area contributed by atoms with Crippen LogP contribution >= 0.6 is 11.6 Å². The van der Waals surface area contributed by atoms with Gasteiger partial charge in [0.05, 0.1) is 14.2 Å². The Hall–Kier alpha value is -0.930. The Morgan fingerprint density at radius 3 is 2.33 bits per heavy atom. The highest BCUT2D eigenvalue weighted by molar-refractivity contribution is 6.33. The first-order valence-electron chi connectivity index (χ1n) is 6.23. The van der Waals surface area contributed by atoms with Gasteiger partial charge in [0.25, 0.3) is 0 Å². The zero-order valence-corrected chi connectivity index (χ0v) is 12.3. The van der Waals surface area contributed by atoms with Crippen LogP contribution in [0.5, 0.6) is 11.5 Å². The summed E-state index contributed by atoms with van der Waals surface area (Å²) in [6, 6.07) is 2.11. The average Bonchev–Trinajstić information content (AvgIpc) is 2.37. The fourth-order valence-electron chi connectivity index (χ4n) is 2.15. The molecule has 0 aliphatic carbocycles. The third-order valence-electron chi connectivity index (χ3n) is 3.20. The van der Waals surface area contributed by atoms with Crippen molar-refractivity contribution in [2.45, 2.75) is 32.6 Å². The van der Waals surface area contributed by atoms with Gasteiger partial charge in [-0.1, -0.05) is 25.4 Å². The second-order valence-corrected chi connectivity index (χ2v) is 4.72. The van der Waals surface area contributed by atoms with Crippen LogP contribution in [0.3, 0.4) is 0 Å². The van der Waals surface area contributed by atoms with E-state index in [-0.39, 0.29) is 0 Å². The number of aryl methyl sites for hydroxylation is 1. The number of nitrogens with two attached hydrogens (primary N) is 1. The van der Waals surface area contributed by atoms with Crippen LogP contribution in [0.25, 0.3) is 0 Å². The topological polar surface area (TPSA) is 44.5 Å². The molecule has 0 radical (unpaired) electrons. The fourth-order valence-corrected chi connectivity index (χ4v) is 2.54. The molecule has 102 valence electrons. The molecule has 0 saturated carbocycles. The zero-order valence-electron chi connectivity index (χ0n) is 11.5. The highest BCUT2D eigenvalue weighted by Crippen LogP contribution is 2.43. The first-order chi connectivity index (χ1) is 8.60. The maximum Gasteiger partial charge on any atom is 0.144 e. The summed E-state index contributed by atoms with van der Waals surface area (Å²) in [7, 11) is 3.26. The molecule has 1 unspecified atom stereocenters. The van der Waals surface area contributed by atoms with Crippen molar-refractivity contribution in [3.8, 4) is 11.5 Å². The first kappa shape index (κ1) is 15.1. The van der Waals surface area contributed by atoms with Gasteiger partial charge in [-0.05, 0) is 42.5 Å². The van der Waals surface area contributed by atoms with Crippen LogP contribution in [-0.2, 0) is 6.42 Å². The summed E-state index contributed by atoms with van der Waals surface area (Å²) in [5.41, 5.74) is 7.83. The van der Waals surface area contributed by atoms with E-state index in [1.54, 1.807) is 14.2 Å². The van der Waals surface area contributed by atoms with Crippen LogP contribution < -0.4 is 15.2 Å². The molecule has 0 saturated heterocycles. The molecule has 0 amide bonds. The van der Waals surface area contributed by atoms with E-state index < -0.39 is 0 Å². The predicted octanol–water partition coefficient (Wildman–Crippen LogP) is 3.37. The van der Waals surface area contributed by atoms with Gasteiger partial charge in [-0.25, -0.2) is 0 Å². The van der Waals surface area contributed by atoms with Crippen LogP contribution in [0.4, 0.5) is 0 Å². The van der Waals surface area contributed by atoms with E-state index in [2.05, 4.69) is 19.9 Å². The summed E-state index contributed by atoms with van der Waals surface area (Å²) in [6.45, 7) is 4.86. The van der Waals surface area contributed by atoms with E-state index in [0.717, 1.165) is 24.0 Å². The Kier molecular flexibility index (Phi) is 5.76. The minimum Gasteiger partial charge on any atom is -0.495 e. The van der Waals surface area contributed by atoms with Crippen molar-refractivity contribution in [1.82, 2.24) is 0 Å². The predicted molar refractivity (Wildman–Crippen MR) is 76.0 cm³/mol. The maximum absolute atomic E-state index is 6.36. The standard InChI is InChI=1S/C14H22ClNO2/c1-5-10-8-11(9(2)6-7-16)14(18-4)12(15)13(10)17-3/h8-9H,5-7,16H2,1-4H3. The quantitative estimate of drug-likeness (QED) is 0.863. The number of halogens is 1. The summed E-state index contributed by atoms with van der Waals surface area (Å²) in [6.07, 6.45) is 1.78.